The maximum Gasteiger partial charge on any atom is 0.323 e. The van der Waals surface area contributed by atoms with Gasteiger partial charge in [-0.15, -0.1) is 4.09 Å². The highest BCUT2D eigenvalue weighted by atomic mass is 32.2. The van der Waals surface area contributed by atoms with Crippen LogP contribution in [0.3, 0.4) is 0 Å². The largest absolute Gasteiger partial charge is 0.481 e. The molecule has 1 saturated carbocycles. The summed E-state index contributed by atoms with van der Waals surface area (Å²) in [5.41, 5.74) is 3.29. The van der Waals surface area contributed by atoms with E-state index in [9.17, 15) is 22.7 Å². The second-order valence-corrected chi connectivity index (χ2v) is 10.6. The highest BCUT2D eigenvalue weighted by Crippen LogP contribution is 2.43. The maximum atomic E-state index is 13.6. The zero-order chi connectivity index (χ0) is 23.3. The van der Waals surface area contributed by atoms with Gasteiger partial charge in [0.2, 0.25) is 0 Å². The monoisotopic (exact) mass is 472 g/mol. The van der Waals surface area contributed by atoms with Gasteiger partial charge in [0.1, 0.15) is 5.82 Å². The van der Waals surface area contributed by atoms with Crippen molar-refractivity contribution in [1.82, 2.24) is 13.5 Å². The predicted octanol–water partition coefficient (Wildman–Crippen LogP) is 3.99. The molecule has 2 aromatic carbocycles. The maximum absolute atomic E-state index is 13.6. The Bertz CT molecular complexity index is 1340. The number of piperidine rings is 1. The molecule has 10 heteroatoms. The fourth-order valence-electron chi connectivity index (χ4n) is 4.36. The zero-order valence-corrected chi connectivity index (χ0v) is 19.0. The topological polar surface area (TPSA) is 105 Å². The summed E-state index contributed by atoms with van der Waals surface area (Å²) in [4.78, 5) is 11.2. The number of halogens is 1. The second kappa shape index (κ2) is 8.11. The Labute approximate surface area is 191 Å². The number of rotatable bonds is 6. The van der Waals surface area contributed by atoms with Crippen molar-refractivity contribution in [3.63, 3.8) is 0 Å². The average molecular weight is 473 g/mol. The smallest absolute Gasteiger partial charge is 0.323 e. The van der Waals surface area contributed by atoms with Gasteiger partial charge in [0.15, 0.2) is 0 Å². The summed E-state index contributed by atoms with van der Waals surface area (Å²) in [6.07, 6.45) is 2.50. The Kier molecular flexibility index (Phi) is 5.37. The molecule has 1 aromatic heterocycles. The van der Waals surface area contributed by atoms with Crippen LogP contribution in [-0.4, -0.2) is 46.1 Å². The minimum atomic E-state index is -3.92. The predicted molar refractivity (Wildman–Crippen MR) is 122 cm³/mol. The van der Waals surface area contributed by atoms with E-state index >= 15 is 0 Å². The van der Waals surface area contributed by atoms with Gasteiger partial charge in [0.25, 0.3) is 0 Å². The summed E-state index contributed by atoms with van der Waals surface area (Å²) in [5.74, 6) is -1.45. The van der Waals surface area contributed by atoms with Crippen molar-refractivity contribution in [3.8, 4) is 0 Å². The van der Waals surface area contributed by atoms with Crippen molar-refractivity contribution < 1.29 is 22.7 Å². The number of nitrogens with zero attached hydrogens (tertiary/aromatic N) is 3. The second-order valence-electron chi connectivity index (χ2n) is 8.84. The van der Waals surface area contributed by atoms with Gasteiger partial charge in [0, 0.05) is 35.8 Å². The number of fused-ring (bicyclic) bond motifs is 1. The van der Waals surface area contributed by atoms with Crippen molar-refractivity contribution in [2.45, 2.75) is 38.5 Å². The van der Waals surface area contributed by atoms with Crippen molar-refractivity contribution in [2.75, 3.05) is 18.4 Å². The molecule has 1 aliphatic heterocycles. The van der Waals surface area contributed by atoms with E-state index in [0.717, 1.165) is 39.4 Å². The van der Waals surface area contributed by atoms with Gasteiger partial charge in [-0.25, -0.2) is 4.39 Å². The van der Waals surface area contributed by atoms with Gasteiger partial charge in [0.05, 0.1) is 17.1 Å². The van der Waals surface area contributed by atoms with E-state index < -0.39 is 22.1 Å². The molecule has 2 fully saturated rings. The number of carboxylic acid groups (broad SMARTS) is 1. The van der Waals surface area contributed by atoms with Gasteiger partial charge in [-0.05, 0) is 74.6 Å². The zero-order valence-electron chi connectivity index (χ0n) is 18.2. The summed E-state index contributed by atoms with van der Waals surface area (Å²) < 4.78 is 42.8. The number of nitrogens with one attached hydrogen (secondary N) is 1. The summed E-state index contributed by atoms with van der Waals surface area (Å²) in [5, 5.41) is 17.8. The molecule has 0 spiro atoms. The lowest BCUT2D eigenvalue weighted by molar-refractivity contribution is -0.142. The first-order chi connectivity index (χ1) is 15.7. The molecule has 174 valence electrons. The Morgan fingerprint density at radius 3 is 2.39 bits per heavy atom. The molecule has 1 aliphatic carbocycles. The molecule has 8 nitrogen and oxygen atoms in total. The fraction of sp³-hybridized carbons (Fsp3) is 0.391. The molecule has 0 unspecified atom stereocenters. The van der Waals surface area contributed by atoms with Crippen molar-refractivity contribution in [2.24, 2.45) is 5.92 Å². The molecule has 2 aliphatic rings. The number of aryl methyl sites for hydroxylation is 1. The van der Waals surface area contributed by atoms with Crippen LogP contribution in [0.25, 0.3) is 10.9 Å². The van der Waals surface area contributed by atoms with E-state index in [4.69, 9.17) is 0 Å². The van der Waals surface area contributed by atoms with Crippen molar-refractivity contribution in [3.05, 3.63) is 53.5 Å². The van der Waals surface area contributed by atoms with Gasteiger partial charge >= 0.3 is 16.2 Å². The highest BCUT2D eigenvalue weighted by Gasteiger charge is 2.36. The van der Waals surface area contributed by atoms with E-state index in [0.29, 0.717) is 11.1 Å². The van der Waals surface area contributed by atoms with Crippen molar-refractivity contribution >= 4 is 38.5 Å². The molecular formula is C23H25FN4O4S. The van der Waals surface area contributed by atoms with Crippen LogP contribution in [0.2, 0.25) is 0 Å². The third kappa shape index (κ3) is 4.08. The number of hydrogen-bond donors (Lipinski definition) is 2. The van der Waals surface area contributed by atoms with E-state index in [2.05, 4.69) is 10.4 Å². The number of benzene rings is 2. The first kappa shape index (κ1) is 21.8. The number of aromatic nitrogens is 2. The number of anilines is 2. The molecule has 2 N–H and O–H groups in total. The molecule has 3 aromatic rings. The van der Waals surface area contributed by atoms with Crippen LogP contribution in [0, 0.1) is 18.7 Å². The Hall–Kier alpha value is -2.98. The molecule has 5 rings (SSSR count). The molecule has 1 saturated heterocycles. The first-order valence-corrected chi connectivity index (χ1v) is 12.4. The van der Waals surface area contributed by atoms with Crippen LogP contribution < -0.4 is 5.32 Å². The van der Waals surface area contributed by atoms with E-state index in [1.54, 1.807) is 31.2 Å². The van der Waals surface area contributed by atoms with E-state index in [-0.39, 0.29) is 37.7 Å². The van der Waals surface area contributed by atoms with Gasteiger partial charge in [-0.2, -0.15) is 17.8 Å². The van der Waals surface area contributed by atoms with E-state index in [1.165, 1.54) is 10.4 Å². The van der Waals surface area contributed by atoms with Gasteiger partial charge < -0.3 is 10.4 Å². The molecule has 0 atom stereocenters. The lowest BCUT2D eigenvalue weighted by atomic mass is 9.99. The fourth-order valence-corrected chi connectivity index (χ4v) is 5.85. The summed E-state index contributed by atoms with van der Waals surface area (Å²) >= 11 is 0. The van der Waals surface area contributed by atoms with Crippen LogP contribution in [0.5, 0.6) is 0 Å². The SMILES string of the molecule is Cc1cc(Nc2ccc3c(c2)c(C2CC2)nn3S(=O)(=O)N2CCC(C(=O)O)CC2)ccc1F. The molecule has 33 heavy (non-hydrogen) atoms. The Balaban J connectivity index is 1.49. The molecular weight excluding hydrogens is 447 g/mol. The average Bonchev–Trinajstić information content (AvgIpc) is 3.56. The van der Waals surface area contributed by atoms with Crippen LogP contribution in [0.1, 0.15) is 42.9 Å². The third-order valence-corrected chi connectivity index (χ3v) is 8.17. The minimum Gasteiger partial charge on any atom is -0.481 e. The first-order valence-electron chi connectivity index (χ1n) is 11.0. The summed E-state index contributed by atoms with van der Waals surface area (Å²) in [6.45, 7) is 2.01. The third-order valence-electron chi connectivity index (χ3n) is 6.44. The minimum absolute atomic E-state index is 0.156. The van der Waals surface area contributed by atoms with Gasteiger partial charge in [-0.3, -0.25) is 4.79 Å². The normalized spacial score (nSPS) is 18.0. The molecule has 0 amide bonds. The number of carbonyl (C=O) groups is 1. The van der Waals surface area contributed by atoms with Crippen LogP contribution in [0.15, 0.2) is 36.4 Å². The Morgan fingerprint density at radius 1 is 1.09 bits per heavy atom. The molecule has 2 heterocycles. The van der Waals surface area contributed by atoms with Crippen LogP contribution in [-0.2, 0) is 15.0 Å². The summed E-state index contributed by atoms with van der Waals surface area (Å²) in [6, 6.07) is 10.2. The standard InChI is InChI=1S/C23H25FN4O4S/c1-14-12-17(4-6-20(14)24)25-18-5-7-21-19(13-18)22(15-2-3-15)26-28(21)33(31,32)27-10-8-16(9-11-27)23(29)30/h4-7,12-13,15-16,25H,2-3,8-11H2,1H3,(H,29,30). The van der Waals surface area contributed by atoms with Crippen molar-refractivity contribution in [1.29, 1.82) is 0 Å². The van der Waals surface area contributed by atoms with E-state index in [1.807, 2.05) is 6.07 Å². The quantitative estimate of drug-likeness (QED) is 0.562. The molecule has 0 radical (unpaired) electrons. The lowest BCUT2D eigenvalue weighted by Gasteiger charge is -2.29. The molecule has 0 bridgehead atoms. The Morgan fingerprint density at radius 2 is 1.76 bits per heavy atom. The number of hydrogen-bond acceptors (Lipinski definition) is 5. The summed E-state index contributed by atoms with van der Waals surface area (Å²) in [7, 11) is -3.92. The van der Waals surface area contributed by atoms with Gasteiger partial charge in [-0.1, -0.05) is 0 Å². The van der Waals surface area contributed by atoms with Crippen LogP contribution in [0.4, 0.5) is 15.8 Å². The van der Waals surface area contributed by atoms with Crippen LogP contribution >= 0.6 is 0 Å². The number of aliphatic carboxylic acids is 1. The highest BCUT2D eigenvalue weighted by molar-refractivity contribution is 7.87. The number of carboxylic acids is 1. The lowest BCUT2D eigenvalue weighted by Crippen LogP contribution is -2.43.